The van der Waals surface area contributed by atoms with Crippen molar-refractivity contribution < 1.29 is 19.7 Å². The molecule has 11 heavy (non-hydrogen) atoms. The molecule has 1 aliphatic heterocycles. The first-order valence-corrected chi connectivity index (χ1v) is 3.89. The number of hydrogen-bond donors (Lipinski definition) is 2. The van der Waals surface area contributed by atoms with E-state index < -0.39 is 6.29 Å². The molecule has 0 aromatic heterocycles. The second-order valence-corrected chi connectivity index (χ2v) is 2.57. The molecule has 0 spiro atoms. The molecule has 1 rings (SSSR count). The van der Waals surface area contributed by atoms with Gasteiger partial charge in [-0.05, 0) is 19.3 Å². The molecule has 2 unspecified atom stereocenters. The Hall–Kier alpha value is -0.160. The monoisotopic (exact) mass is 162 g/mol. The van der Waals surface area contributed by atoms with Gasteiger partial charge in [-0.2, -0.15) is 0 Å². The van der Waals surface area contributed by atoms with Crippen molar-refractivity contribution in [3.8, 4) is 0 Å². The van der Waals surface area contributed by atoms with Crippen molar-refractivity contribution in [1.82, 2.24) is 0 Å². The summed E-state index contributed by atoms with van der Waals surface area (Å²) in [6.07, 6.45) is 1.48. The molecular weight excluding hydrogens is 148 g/mol. The predicted molar refractivity (Wildman–Crippen MR) is 37.8 cm³/mol. The van der Waals surface area contributed by atoms with Crippen molar-refractivity contribution >= 4 is 0 Å². The summed E-state index contributed by atoms with van der Waals surface area (Å²) in [5, 5.41) is 17.3. The number of aliphatic hydroxyl groups excluding tert-OH is 2. The predicted octanol–water partition coefficient (Wildman–Crippen LogP) is -0.160. The summed E-state index contributed by atoms with van der Waals surface area (Å²) in [4.78, 5) is 0. The Balaban J connectivity index is 2.13. The Bertz CT molecular complexity index is 101. The molecule has 1 saturated heterocycles. The minimum absolute atomic E-state index is 0.328. The maximum Gasteiger partial charge on any atom is 0.181 e. The number of ether oxygens (including phenoxy) is 2. The lowest BCUT2D eigenvalue weighted by Crippen LogP contribution is -2.29. The molecule has 2 N–H and O–H groups in total. The number of aliphatic hydroxyl groups is 2. The lowest BCUT2D eigenvalue weighted by atomic mass is 10.2. The van der Waals surface area contributed by atoms with Crippen LogP contribution in [0.15, 0.2) is 0 Å². The third-order valence-corrected chi connectivity index (χ3v) is 1.60. The van der Waals surface area contributed by atoms with Crippen LogP contribution in [0, 0.1) is 0 Å². The van der Waals surface area contributed by atoms with Crippen LogP contribution in [0.5, 0.6) is 0 Å². The molecule has 0 saturated carbocycles. The number of rotatable bonds is 3. The molecule has 0 bridgehead atoms. The Morgan fingerprint density at radius 3 is 2.91 bits per heavy atom. The summed E-state index contributed by atoms with van der Waals surface area (Å²) in [5.74, 6) is 0. The van der Waals surface area contributed by atoms with Crippen molar-refractivity contribution in [3.05, 3.63) is 0 Å². The SMILES string of the molecule is OCC(O)OC1CCCCO1. The quantitative estimate of drug-likeness (QED) is 0.566. The molecule has 1 heterocycles. The van der Waals surface area contributed by atoms with E-state index >= 15 is 0 Å². The maximum absolute atomic E-state index is 8.86. The van der Waals surface area contributed by atoms with Gasteiger partial charge in [-0.3, -0.25) is 0 Å². The zero-order valence-corrected chi connectivity index (χ0v) is 6.40. The summed E-state index contributed by atoms with van der Waals surface area (Å²) in [7, 11) is 0. The fraction of sp³-hybridized carbons (Fsp3) is 1.00. The van der Waals surface area contributed by atoms with E-state index in [2.05, 4.69) is 0 Å². The molecule has 2 atom stereocenters. The zero-order valence-electron chi connectivity index (χ0n) is 6.40. The summed E-state index contributed by atoms with van der Waals surface area (Å²) >= 11 is 0. The van der Waals surface area contributed by atoms with Gasteiger partial charge in [-0.1, -0.05) is 0 Å². The summed E-state index contributed by atoms with van der Waals surface area (Å²) < 4.78 is 10.1. The molecule has 66 valence electrons. The van der Waals surface area contributed by atoms with E-state index in [-0.39, 0.29) is 12.9 Å². The third-order valence-electron chi connectivity index (χ3n) is 1.60. The highest BCUT2D eigenvalue weighted by atomic mass is 16.7. The zero-order chi connectivity index (χ0) is 8.10. The van der Waals surface area contributed by atoms with Crippen molar-refractivity contribution in [2.45, 2.75) is 31.8 Å². The summed E-state index contributed by atoms with van der Waals surface area (Å²) in [6.45, 7) is 0.308. The van der Waals surface area contributed by atoms with Crippen molar-refractivity contribution in [2.24, 2.45) is 0 Å². The van der Waals surface area contributed by atoms with E-state index in [1.807, 2.05) is 0 Å². The van der Waals surface area contributed by atoms with Gasteiger partial charge in [0.15, 0.2) is 12.6 Å². The van der Waals surface area contributed by atoms with E-state index in [1.165, 1.54) is 0 Å². The van der Waals surface area contributed by atoms with Crippen LogP contribution in [-0.4, -0.2) is 36.0 Å². The van der Waals surface area contributed by atoms with Gasteiger partial charge >= 0.3 is 0 Å². The average molecular weight is 162 g/mol. The standard InChI is InChI=1S/C7H14O4/c8-5-6(9)11-7-3-1-2-4-10-7/h6-9H,1-5H2. The molecule has 0 aromatic carbocycles. The lowest BCUT2D eigenvalue weighted by Gasteiger charge is -2.24. The fourth-order valence-electron chi connectivity index (χ4n) is 1.04. The average Bonchev–Trinajstić information content (AvgIpc) is 2.06. The Morgan fingerprint density at radius 2 is 2.36 bits per heavy atom. The molecule has 4 heteroatoms. The third kappa shape index (κ3) is 3.16. The van der Waals surface area contributed by atoms with Gasteiger partial charge in [0.1, 0.15) is 0 Å². The van der Waals surface area contributed by atoms with Gasteiger partial charge < -0.3 is 19.7 Å². The van der Waals surface area contributed by atoms with Crippen LogP contribution >= 0.6 is 0 Å². The summed E-state index contributed by atoms with van der Waals surface area (Å²) in [5.41, 5.74) is 0. The van der Waals surface area contributed by atoms with E-state index in [0.717, 1.165) is 19.3 Å². The van der Waals surface area contributed by atoms with E-state index in [1.54, 1.807) is 0 Å². The fourth-order valence-corrected chi connectivity index (χ4v) is 1.04. The smallest absolute Gasteiger partial charge is 0.181 e. The molecule has 4 nitrogen and oxygen atoms in total. The first-order chi connectivity index (χ1) is 5.33. The summed E-state index contributed by atoms with van der Waals surface area (Å²) in [6, 6.07) is 0. The van der Waals surface area contributed by atoms with Crippen molar-refractivity contribution in [2.75, 3.05) is 13.2 Å². The van der Waals surface area contributed by atoms with E-state index in [4.69, 9.17) is 19.7 Å². The van der Waals surface area contributed by atoms with Crippen molar-refractivity contribution in [3.63, 3.8) is 0 Å². The largest absolute Gasteiger partial charge is 0.391 e. The Labute approximate surface area is 65.7 Å². The van der Waals surface area contributed by atoms with Crippen LogP contribution in [0.1, 0.15) is 19.3 Å². The molecule has 0 aromatic rings. The Kier molecular flexibility index (Phi) is 3.79. The van der Waals surface area contributed by atoms with Gasteiger partial charge in [0.05, 0.1) is 6.61 Å². The normalized spacial score (nSPS) is 28.4. The lowest BCUT2D eigenvalue weighted by molar-refractivity contribution is -0.248. The van der Waals surface area contributed by atoms with Crippen LogP contribution in [0.3, 0.4) is 0 Å². The second kappa shape index (κ2) is 4.66. The first-order valence-electron chi connectivity index (χ1n) is 3.89. The van der Waals surface area contributed by atoms with Crippen LogP contribution < -0.4 is 0 Å². The van der Waals surface area contributed by atoms with E-state index in [0.29, 0.717) is 6.61 Å². The van der Waals surface area contributed by atoms with Crippen molar-refractivity contribution in [1.29, 1.82) is 0 Å². The minimum atomic E-state index is -1.10. The first kappa shape index (κ1) is 8.93. The molecule has 0 radical (unpaired) electrons. The van der Waals surface area contributed by atoms with E-state index in [9.17, 15) is 0 Å². The van der Waals surface area contributed by atoms with Gasteiger partial charge in [0, 0.05) is 6.61 Å². The highest BCUT2D eigenvalue weighted by Crippen LogP contribution is 2.14. The van der Waals surface area contributed by atoms with Gasteiger partial charge in [-0.15, -0.1) is 0 Å². The van der Waals surface area contributed by atoms with Crippen LogP contribution in [-0.2, 0) is 9.47 Å². The molecule has 0 aliphatic carbocycles. The molecule has 0 amide bonds. The van der Waals surface area contributed by atoms with Gasteiger partial charge in [0.25, 0.3) is 0 Å². The van der Waals surface area contributed by atoms with Gasteiger partial charge in [0.2, 0.25) is 0 Å². The molecular formula is C7H14O4. The highest BCUT2D eigenvalue weighted by molar-refractivity contribution is 4.54. The number of hydrogen-bond acceptors (Lipinski definition) is 4. The molecule has 1 fully saturated rings. The maximum atomic E-state index is 8.86. The Morgan fingerprint density at radius 1 is 1.55 bits per heavy atom. The van der Waals surface area contributed by atoms with Crippen LogP contribution in [0.25, 0.3) is 0 Å². The minimum Gasteiger partial charge on any atom is -0.391 e. The topological polar surface area (TPSA) is 58.9 Å². The van der Waals surface area contributed by atoms with Crippen LogP contribution in [0.4, 0.5) is 0 Å². The second-order valence-electron chi connectivity index (χ2n) is 2.57. The molecule has 1 aliphatic rings. The highest BCUT2D eigenvalue weighted by Gasteiger charge is 2.17. The van der Waals surface area contributed by atoms with Gasteiger partial charge in [-0.25, -0.2) is 0 Å². The van der Waals surface area contributed by atoms with Crippen LogP contribution in [0.2, 0.25) is 0 Å².